The zero-order valence-electron chi connectivity index (χ0n) is 35.2. The van der Waals surface area contributed by atoms with Crippen molar-refractivity contribution in [2.45, 2.75) is 19.3 Å². The molecule has 0 saturated heterocycles. The van der Waals surface area contributed by atoms with E-state index in [9.17, 15) is 0 Å². The first-order valence-corrected chi connectivity index (χ1v) is 21.8. The molecule has 0 N–H and O–H groups in total. The molecule has 1 aromatic heterocycles. The molecule has 1 aliphatic rings. The molecule has 0 amide bonds. The van der Waals surface area contributed by atoms with Crippen molar-refractivity contribution in [1.82, 2.24) is 0 Å². The number of furan rings is 1. The first-order chi connectivity index (χ1) is 31.0. The number of hydrogen-bond acceptors (Lipinski definition) is 2. The van der Waals surface area contributed by atoms with Crippen molar-refractivity contribution in [3.8, 4) is 55.6 Å². The molecule has 10 aromatic carbocycles. The molecular formula is C61H43NO. The zero-order chi connectivity index (χ0) is 42.1. The fourth-order valence-electron chi connectivity index (χ4n) is 10.3. The number of rotatable bonds is 7. The van der Waals surface area contributed by atoms with Crippen molar-refractivity contribution in [1.29, 1.82) is 0 Å². The van der Waals surface area contributed by atoms with Crippen LogP contribution in [0.15, 0.2) is 229 Å². The van der Waals surface area contributed by atoms with Crippen LogP contribution in [0.2, 0.25) is 0 Å². The number of anilines is 3. The SMILES string of the molecule is CC1(C)c2ccccc2-c2c(-c3ccccc3N(c3ccc(-c4ccc5oc6ccccc6c5c4)cc3)c3ccccc3-c3cccc4cccc(-c5ccccc5)c34)cccc21. The van der Waals surface area contributed by atoms with Gasteiger partial charge >= 0.3 is 0 Å². The van der Waals surface area contributed by atoms with Crippen molar-refractivity contribution in [2.24, 2.45) is 0 Å². The Morgan fingerprint density at radius 3 is 1.70 bits per heavy atom. The van der Waals surface area contributed by atoms with E-state index in [1.807, 2.05) is 12.1 Å². The van der Waals surface area contributed by atoms with E-state index in [1.165, 1.54) is 60.8 Å². The van der Waals surface area contributed by atoms with Gasteiger partial charge in [0.05, 0.1) is 11.4 Å². The van der Waals surface area contributed by atoms with Gasteiger partial charge in [-0.3, -0.25) is 0 Å². The van der Waals surface area contributed by atoms with Crippen LogP contribution in [0.1, 0.15) is 25.0 Å². The van der Waals surface area contributed by atoms with Gasteiger partial charge in [-0.1, -0.05) is 196 Å². The second-order valence-electron chi connectivity index (χ2n) is 17.2. The molecule has 1 heterocycles. The molecule has 2 heteroatoms. The largest absolute Gasteiger partial charge is 0.456 e. The first kappa shape index (κ1) is 36.9. The second kappa shape index (κ2) is 14.6. The lowest BCUT2D eigenvalue weighted by Gasteiger charge is -2.31. The molecule has 12 rings (SSSR count). The van der Waals surface area contributed by atoms with Gasteiger partial charge in [0.15, 0.2) is 0 Å². The molecule has 0 spiro atoms. The zero-order valence-corrected chi connectivity index (χ0v) is 35.2. The highest BCUT2D eigenvalue weighted by molar-refractivity contribution is 6.10. The number of benzene rings is 10. The summed E-state index contributed by atoms with van der Waals surface area (Å²) >= 11 is 0. The van der Waals surface area contributed by atoms with E-state index in [4.69, 9.17) is 4.42 Å². The third kappa shape index (κ3) is 5.94. The maximum atomic E-state index is 6.20. The van der Waals surface area contributed by atoms with E-state index in [0.29, 0.717) is 0 Å². The van der Waals surface area contributed by atoms with Crippen LogP contribution in [0.5, 0.6) is 0 Å². The Hall–Kier alpha value is -7.94. The molecular weight excluding hydrogens is 763 g/mol. The van der Waals surface area contributed by atoms with Crippen molar-refractivity contribution >= 4 is 49.8 Å². The van der Waals surface area contributed by atoms with Crippen LogP contribution in [-0.4, -0.2) is 0 Å². The van der Waals surface area contributed by atoms with Gasteiger partial charge in [0.2, 0.25) is 0 Å². The second-order valence-corrected chi connectivity index (χ2v) is 17.2. The molecule has 0 fully saturated rings. The summed E-state index contributed by atoms with van der Waals surface area (Å²) in [6.45, 7) is 4.72. The van der Waals surface area contributed by atoms with Gasteiger partial charge < -0.3 is 9.32 Å². The smallest absolute Gasteiger partial charge is 0.135 e. The van der Waals surface area contributed by atoms with Crippen LogP contribution in [0.4, 0.5) is 17.1 Å². The van der Waals surface area contributed by atoms with Gasteiger partial charge in [-0.15, -0.1) is 0 Å². The van der Waals surface area contributed by atoms with Crippen molar-refractivity contribution in [3.63, 3.8) is 0 Å². The average Bonchev–Trinajstić information content (AvgIpc) is 3.83. The van der Waals surface area contributed by atoms with Crippen LogP contribution >= 0.6 is 0 Å². The fourth-order valence-corrected chi connectivity index (χ4v) is 10.3. The highest BCUT2D eigenvalue weighted by Crippen LogP contribution is 2.54. The predicted molar refractivity (Wildman–Crippen MR) is 265 cm³/mol. The fraction of sp³-hybridized carbons (Fsp3) is 0.0492. The highest BCUT2D eigenvalue weighted by atomic mass is 16.3. The summed E-state index contributed by atoms with van der Waals surface area (Å²) in [4.78, 5) is 2.48. The Balaban J connectivity index is 1.08. The lowest BCUT2D eigenvalue weighted by atomic mass is 9.82. The Labute approximate surface area is 368 Å². The van der Waals surface area contributed by atoms with Crippen molar-refractivity contribution < 1.29 is 4.42 Å². The molecule has 11 aromatic rings. The number of fused-ring (bicyclic) bond motifs is 7. The van der Waals surface area contributed by atoms with E-state index in [0.717, 1.165) is 55.7 Å². The topological polar surface area (TPSA) is 16.4 Å². The monoisotopic (exact) mass is 805 g/mol. The summed E-state index contributed by atoms with van der Waals surface area (Å²) < 4.78 is 6.20. The Kier molecular flexibility index (Phi) is 8.55. The van der Waals surface area contributed by atoms with Crippen LogP contribution in [0.25, 0.3) is 88.3 Å². The number of nitrogens with zero attached hydrogens (tertiary/aromatic N) is 1. The molecule has 0 bridgehead atoms. The lowest BCUT2D eigenvalue weighted by Crippen LogP contribution is -2.15. The van der Waals surface area contributed by atoms with Gasteiger partial charge in [-0.25, -0.2) is 0 Å². The van der Waals surface area contributed by atoms with E-state index in [2.05, 4.69) is 231 Å². The first-order valence-electron chi connectivity index (χ1n) is 21.8. The highest BCUT2D eigenvalue weighted by Gasteiger charge is 2.37. The minimum atomic E-state index is -0.115. The van der Waals surface area contributed by atoms with Crippen LogP contribution in [-0.2, 0) is 5.41 Å². The Morgan fingerprint density at radius 1 is 0.365 bits per heavy atom. The minimum absolute atomic E-state index is 0.115. The van der Waals surface area contributed by atoms with Gasteiger partial charge in [0, 0.05) is 33.0 Å². The third-order valence-electron chi connectivity index (χ3n) is 13.3. The summed E-state index contributed by atoms with van der Waals surface area (Å²) in [5.41, 5.74) is 19.8. The van der Waals surface area contributed by atoms with Gasteiger partial charge in [0.25, 0.3) is 0 Å². The van der Waals surface area contributed by atoms with Gasteiger partial charge in [-0.05, 0) is 109 Å². The van der Waals surface area contributed by atoms with Crippen molar-refractivity contribution in [2.75, 3.05) is 4.90 Å². The molecule has 0 aliphatic heterocycles. The summed E-state index contributed by atoms with van der Waals surface area (Å²) in [6, 6.07) is 81.8. The molecule has 2 nitrogen and oxygen atoms in total. The summed E-state index contributed by atoms with van der Waals surface area (Å²) in [7, 11) is 0. The van der Waals surface area contributed by atoms with E-state index in [1.54, 1.807) is 0 Å². The average molecular weight is 806 g/mol. The van der Waals surface area contributed by atoms with Crippen LogP contribution in [0.3, 0.4) is 0 Å². The molecule has 0 atom stereocenters. The summed E-state index contributed by atoms with van der Waals surface area (Å²) in [6.07, 6.45) is 0. The number of hydrogen-bond donors (Lipinski definition) is 0. The third-order valence-corrected chi connectivity index (χ3v) is 13.3. The van der Waals surface area contributed by atoms with Crippen LogP contribution in [0, 0.1) is 0 Å². The maximum absolute atomic E-state index is 6.20. The van der Waals surface area contributed by atoms with Gasteiger partial charge in [-0.2, -0.15) is 0 Å². The van der Waals surface area contributed by atoms with E-state index >= 15 is 0 Å². The predicted octanol–water partition coefficient (Wildman–Crippen LogP) is 17.2. The number of para-hydroxylation sites is 3. The molecule has 63 heavy (non-hydrogen) atoms. The normalized spacial score (nSPS) is 12.7. The molecule has 0 saturated carbocycles. The lowest BCUT2D eigenvalue weighted by molar-refractivity contribution is 0.660. The quantitative estimate of drug-likeness (QED) is 0.160. The van der Waals surface area contributed by atoms with Gasteiger partial charge in [0.1, 0.15) is 11.2 Å². The molecule has 0 unspecified atom stereocenters. The maximum Gasteiger partial charge on any atom is 0.135 e. The van der Waals surface area contributed by atoms with Crippen molar-refractivity contribution in [3.05, 3.63) is 236 Å². The summed E-state index contributed by atoms with van der Waals surface area (Å²) in [5, 5.41) is 4.71. The molecule has 1 aliphatic carbocycles. The van der Waals surface area contributed by atoms with E-state index in [-0.39, 0.29) is 5.41 Å². The van der Waals surface area contributed by atoms with Crippen LogP contribution < -0.4 is 4.90 Å². The standard InChI is InChI=1S/C61H43NO/c1-61(2)53-28-10-6-24-51(53)60-50(27-16-29-54(60)61)47-22-8-12-31-56(47)62(44-36-33-40(34-37-44)43-35-38-58-52(39-43)48-23-9-13-32-57(48)63-58)55-30-11-7-21-46(55)49-26-15-20-42-19-14-25-45(59(42)49)41-17-4-3-5-18-41/h3-39H,1-2H3. The van der Waals surface area contributed by atoms with E-state index < -0.39 is 0 Å². The molecule has 298 valence electrons. The molecule has 0 radical (unpaired) electrons. The minimum Gasteiger partial charge on any atom is -0.456 e. The Bertz CT molecular complexity index is 3530. The Morgan fingerprint density at radius 2 is 0.921 bits per heavy atom. The summed E-state index contributed by atoms with van der Waals surface area (Å²) in [5.74, 6) is 0.